The van der Waals surface area contributed by atoms with E-state index >= 15 is 0 Å². The highest BCUT2D eigenvalue weighted by Crippen LogP contribution is 2.37. The molecule has 2 aromatic carbocycles. The van der Waals surface area contributed by atoms with Gasteiger partial charge in [0.05, 0.1) is 9.79 Å². The molecule has 138 valence electrons. The van der Waals surface area contributed by atoms with Crippen LogP contribution in [-0.4, -0.2) is 41.1 Å². The number of hydrogen-bond acceptors (Lipinski definition) is 5. The Labute approximate surface area is 153 Å². The van der Waals surface area contributed by atoms with Gasteiger partial charge in [-0.05, 0) is 43.7 Å². The molecule has 0 spiro atoms. The second kappa shape index (κ2) is 7.47. The van der Waals surface area contributed by atoms with E-state index in [1.165, 1.54) is 25.2 Å². The van der Waals surface area contributed by atoms with Gasteiger partial charge in [0.25, 0.3) is 5.91 Å². The van der Waals surface area contributed by atoms with E-state index in [2.05, 4.69) is 10.6 Å². The number of carbonyl (C=O) groups is 1. The van der Waals surface area contributed by atoms with Gasteiger partial charge in [-0.25, -0.2) is 8.42 Å². The monoisotopic (exact) mass is 374 g/mol. The number of hydrogen-bond donors (Lipinski definition) is 2. The van der Waals surface area contributed by atoms with Crippen LogP contribution < -0.4 is 15.4 Å². The highest BCUT2D eigenvalue weighted by atomic mass is 32.2. The zero-order chi connectivity index (χ0) is 18.7. The molecule has 2 aromatic rings. The van der Waals surface area contributed by atoms with Crippen LogP contribution in [0.5, 0.6) is 5.75 Å². The van der Waals surface area contributed by atoms with Crippen LogP contribution in [0.25, 0.3) is 0 Å². The second-order valence-corrected chi connectivity index (χ2v) is 8.08. The van der Waals surface area contributed by atoms with Gasteiger partial charge in [-0.1, -0.05) is 24.3 Å². The Balaban J connectivity index is 2.18. The number of sulfone groups is 1. The average molecular weight is 374 g/mol. The fourth-order valence-corrected chi connectivity index (χ4v) is 4.61. The van der Waals surface area contributed by atoms with Gasteiger partial charge in [0.1, 0.15) is 17.4 Å². The van der Waals surface area contributed by atoms with Crippen molar-refractivity contribution >= 4 is 15.7 Å². The van der Waals surface area contributed by atoms with Gasteiger partial charge in [-0.3, -0.25) is 4.79 Å². The predicted octanol–water partition coefficient (Wildman–Crippen LogP) is 1.79. The number of carbonyl (C=O) groups excluding carboxylic acids is 1. The maximum Gasteiger partial charge on any atom is 0.256 e. The molecule has 3 rings (SSSR count). The van der Waals surface area contributed by atoms with E-state index < -0.39 is 15.7 Å². The molecule has 1 amide bonds. The summed E-state index contributed by atoms with van der Waals surface area (Å²) in [5.74, 6) is -0.102. The SMILES string of the molecule is CNCC1CCc2ccc(S(=O)(=O)c3ccccc3)c(C(=O)NC)c2O1. The molecule has 2 N–H and O–H groups in total. The van der Waals surface area contributed by atoms with Crippen molar-refractivity contribution in [3.05, 3.63) is 53.6 Å². The topological polar surface area (TPSA) is 84.5 Å². The van der Waals surface area contributed by atoms with Gasteiger partial charge in [0.2, 0.25) is 9.84 Å². The lowest BCUT2D eigenvalue weighted by atomic mass is 9.98. The number of aryl methyl sites for hydroxylation is 1. The van der Waals surface area contributed by atoms with E-state index in [0.29, 0.717) is 12.3 Å². The Morgan fingerprint density at radius 2 is 1.88 bits per heavy atom. The molecule has 0 aromatic heterocycles. The molecule has 0 radical (unpaired) electrons. The smallest absolute Gasteiger partial charge is 0.256 e. The summed E-state index contributed by atoms with van der Waals surface area (Å²) in [6.45, 7) is 0.627. The number of benzene rings is 2. The molecule has 0 saturated heterocycles. The number of nitrogens with one attached hydrogen (secondary N) is 2. The number of amides is 1. The van der Waals surface area contributed by atoms with Gasteiger partial charge < -0.3 is 15.4 Å². The van der Waals surface area contributed by atoms with Gasteiger partial charge >= 0.3 is 0 Å². The highest BCUT2D eigenvalue weighted by Gasteiger charge is 2.32. The second-order valence-electron chi connectivity index (χ2n) is 6.16. The minimum atomic E-state index is -3.84. The van der Waals surface area contributed by atoms with E-state index in [4.69, 9.17) is 4.74 Å². The fourth-order valence-electron chi connectivity index (χ4n) is 3.14. The number of fused-ring (bicyclic) bond motifs is 1. The first-order valence-electron chi connectivity index (χ1n) is 8.48. The third kappa shape index (κ3) is 3.32. The first-order valence-corrected chi connectivity index (χ1v) is 9.96. The summed E-state index contributed by atoms with van der Waals surface area (Å²) in [5.41, 5.74) is 0.928. The predicted molar refractivity (Wildman–Crippen MR) is 98.4 cm³/mol. The lowest BCUT2D eigenvalue weighted by Crippen LogP contribution is -2.34. The van der Waals surface area contributed by atoms with E-state index in [0.717, 1.165) is 18.4 Å². The fraction of sp³-hybridized carbons (Fsp3) is 0.316. The Kier molecular flexibility index (Phi) is 5.29. The minimum absolute atomic E-state index is 0.0353. The van der Waals surface area contributed by atoms with Gasteiger partial charge in [0.15, 0.2) is 0 Å². The average Bonchev–Trinajstić information content (AvgIpc) is 2.67. The van der Waals surface area contributed by atoms with E-state index in [1.54, 1.807) is 24.3 Å². The van der Waals surface area contributed by atoms with Crippen molar-refractivity contribution < 1.29 is 17.9 Å². The van der Waals surface area contributed by atoms with Crippen LogP contribution in [0.4, 0.5) is 0 Å². The van der Waals surface area contributed by atoms with Gasteiger partial charge in [-0.15, -0.1) is 0 Å². The Morgan fingerprint density at radius 3 is 2.54 bits per heavy atom. The molecular formula is C19H22N2O4S. The van der Waals surface area contributed by atoms with Crippen molar-refractivity contribution in [2.75, 3.05) is 20.6 Å². The molecule has 1 unspecified atom stereocenters. The number of ether oxygens (including phenoxy) is 1. The molecule has 0 bridgehead atoms. The molecule has 1 aliphatic heterocycles. The summed E-state index contributed by atoms with van der Waals surface area (Å²) >= 11 is 0. The molecular weight excluding hydrogens is 352 g/mol. The zero-order valence-corrected chi connectivity index (χ0v) is 15.6. The van der Waals surface area contributed by atoms with Crippen LogP contribution in [0.3, 0.4) is 0 Å². The maximum atomic E-state index is 13.1. The normalized spacial score (nSPS) is 16.5. The maximum absolute atomic E-state index is 13.1. The zero-order valence-electron chi connectivity index (χ0n) is 14.8. The van der Waals surface area contributed by atoms with Crippen molar-refractivity contribution in [1.82, 2.24) is 10.6 Å². The van der Waals surface area contributed by atoms with Crippen LogP contribution in [-0.2, 0) is 16.3 Å². The molecule has 1 aliphatic rings. The minimum Gasteiger partial charge on any atom is -0.488 e. The molecule has 0 fully saturated rings. The van der Waals surface area contributed by atoms with Gasteiger partial charge in [-0.2, -0.15) is 0 Å². The van der Waals surface area contributed by atoms with Crippen LogP contribution in [0.15, 0.2) is 52.3 Å². The standard InChI is InChI=1S/C19H22N2O4S/c1-20-12-14-10-8-13-9-11-16(17(18(13)25-14)19(22)21-2)26(23,24)15-6-4-3-5-7-15/h3-7,9,11,14,20H,8,10,12H2,1-2H3,(H,21,22). The third-order valence-corrected chi connectivity index (χ3v) is 6.26. The lowest BCUT2D eigenvalue weighted by molar-refractivity contribution is 0.0947. The van der Waals surface area contributed by atoms with Crippen molar-refractivity contribution in [1.29, 1.82) is 0 Å². The van der Waals surface area contributed by atoms with Crippen LogP contribution in [0.1, 0.15) is 22.3 Å². The molecule has 7 heteroatoms. The summed E-state index contributed by atoms with van der Waals surface area (Å²) in [4.78, 5) is 12.7. The van der Waals surface area contributed by atoms with E-state index in [9.17, 15) is 13.2 Å². The first-order chi connectivity index (χ1) is 12.5. The van der Waals surface area contributed by atoms with Crippen LogP contribution in [0.2, 0.25) is 0 Å². The lowest BCUT2D eigenvalue weighted by Gasteiger charge is -2.28. The molecule has 26 heavy (non-hydrogen) atoms. The van der Waals surface area contributed by atoms with Crippen molar-refractivity contribution in [3.63, 3.8) is 0 Å². The third-order valence-electron chi connectivity index (χ3n) is 4.45. The quantitative estimate of drug-likeness (QED) is 0.834. The molecule has 1 heterocycles. The summed E-state index contributed by atoms with van der Waals surface area (Å²) < 4.78 is 32.3. The largest absolute Gasteiger partial charge is 0.488 e. The van der Waals surface area contributed by atoms with E-state index in [1.807, 2.05) is 7.05 Å². The molecule has 6 nitrogen and oxygen atoms in total. The summed E-state index contributed by atoms with van der Waals surface area (Å²) in [7, 11) is -0.536. The van der Waals surface area contributed by atoms with Gasteiger partial charge in [0, 0.05) is 13.6 Å². The number of likely N-dealkylation sites (N-methyl/N-ethyl adjacent to an activating group) is 1. The van der Waals surface area contributed by atoms with Crippen LogP contribution in [0, 0.1) is 0 Å². The summed E-state index contributed by atoms with van der Waals surface area (Å²) in [5, 5.41) is 5.60. The molecule has 0 saturated carbocycles. The van der Waals surface area contributed by atoms with Crippen molar-refractivity contribution in [2.24, 2.45) is 0 Å². The molecule has 1 atom stereocenters. The van der Waals surface area contributed by atoms with Crippen LogP contribution >= 0.6 is 0 Å². The Morgan fingerprint density at radius 1 is 1.15 bits per heavy atom. The van der Waals surface area contributed by atoms with Crippen molar-refractivity contribution in [3.8, 4) is 5.75 Å². The van der Waals surface area contributed by atoms with Crippen molar-refractivity contribution in [2.45, 2.75) is 28.7 Å². The Hall–Kier alpha value is -2.38. The summed E-state index contributed by atoms with van der Waals surface area (Å²) in [6, 6.07) is 11.4. The summed E-state index contributed by atoms with van der Waals surface area (Å²) in [6.07, 6.45) is 1.44. The highest BCUT2D eigenvalue weighted by molar-refractivity contribution is 7.91. The number of rotatable bonds is 5. The Bertz CT molecular complexity index is 911. The van der Waals surface area contributed by atoms with E-state index in [-0.39, 0.29) is 21.5 Å². The molecule has 0 aliphatic carbocycles. The first kappa shape index (κ1) is 18.4.